The number of H-pyrrole nitrogens is 1. The van der Waals surface area contributed by atoms with E-state index in [9.17, 15) is 8.78 Å². The molecule has 19 heavy (non-hydrogen) atoms. The van der Waals surface area contributed by atoms with Crippen molar-refractivity contribution < 1.29 is 8.78 Å². The Bertz CT molecular complexity index is 533. The van der Waals surface area contributed by atoms with E-state index in [1.54, 1.807) is 6.20 Å². The zero-order valence-electron chi connectivity index (χ0n) is 10.7. The number of hydrogen-bond acceptors (Lipinski definition) is 3. The van der Waals surface area contributed by atoms with Crippen molar-refractivity contribution in [3.8, 4) is 11.3 Å². The van der Waals surface area contributed by atoms with Gasteiger partial charge in [-0.3, -0.25) is 5.10 Å². The number of aromatic nitrogens is 2. The summed E-state index contributed by atoms with van der Waals surface area (Å²) in [7, 11) is 1.93. The summed E-state index contributed by atoms with van der Waals surface area (Å²) in [5, 5.41) is 6.80. The second-order valence-electron chi connectivity index (χ2n) is 4.44. The van der Waals surface area contributed by atoms with E-state index >= 15 is 0 Å². The van der Waals surface area contributed by atoms with Crippen LogP contribution in [0.1, 0.15) is 5.56 Å². The van der Waals surface area contributed by atoms with Crippen LogP contribution in [-0.4, -0.2) is 35.2 Å². The van der Waals surface area contributed by atoms with Gasteiger partial charge in [0.2, 0.25) is 0 Å². The van der Waals surface area contributed by atoms with Crippen molar-refractivity contribution in [2.75, 3.05) is 20.1 Å². The van der Waals surface area contributed by atoms with Gasteiger partial charge in [-0.25, -0.2) is 8.78 Å². The van der Waals surface area contributed by atoms with E-state index in [2.05, 4.69) is 10.2 Å². The summed E-state index contributed by atoms with van der Waals surface area (Å²) in [5.41, 5.74) is 7.34. The highest BCUT2D eigenvalue weighted by molar-refractivity contribution is 5.62. The molecule has 1 aromatic heterocycles. The molecule has 0 aliphatic rings. The number of benzene rings is 1. The molecule has 0 aliphatic heterocycles. The van der Waals surface area contributed by atoms with Gasteiger partial charge < -0.3 is 10.6 Å². The van der Waals surface area contributed by atoms with Gasteiger partial charge in [0.25, 0.3) is 0 Å². The Kier molecular flexibility index (Phi) is 4.24. The first-order chi connectivity index (χ1) is 9.10. The van der Waals surface area contributed by atoms with E-state index in [4.69, 9.17) is 5.73 Å². The third kappa shape index (κ3) is 3.36. The number of nitrogens with two attached hydrogens (primary N) is 1. The van der Waals surface area contributed by atoms with E-state index in [1.807, 2.05) is 11.9 Å². The Balaban J connectivity index is 2.28. The standard InChI is InChI=1S/C13H16F2N4/c1-19(3-2-16)8-10-7-17-18-13(10)9-4-11(14)6-12(15)5-9/h4-7H,2-3,8,16H2,1H3,(H,17,18). The molecule has 0 unspecified atom stereocenters. The minimum absolute atomic E-state index is 0.426. The summed E-state index contributed by atoms with van der Waals surface area (Å²) >= 11 is 0. The highest BCUT2D eigenvalue weighted by Crippen LogP contribution is 2.23. The van der Waals surface area contributed by atoms with Crippen LogP contribution in [0.25, 0.3) is 11.3 Å². The van der Waals surface area contributed by atoms with Crippen LogP contribution in [0.15, 0.2) is 24.4 Å². The average molecular weight is 266 g/mol. The van der Waals surface area contributed by atoms with Gasteiger partial charge in [0.05, 0.1) is 5.69 Å². The van der Waals surface area contributed by atoms with Crippen LogP contribution >= 0.6 is 0 Å². The molecule has 0 amide bonds. The SMILES string of the molecule is CN(CCN)Cc1c[nH]nc1-c1cc(F)cc(F)c1. The Morgan fingerprint density at radius 1 is 1.26 bits per heavy atom. The first-order valence-electron chi connectivity index (χ1n) is 5.98. The number of hydrogen-bond donors (Lipinski definition) is 2. The maximum absolute atomic E-state index is 13.2. The molecule has 0 saturated carbocycles. The number of likely N-dealkylation sites (N-methyl/N-ethyl adjacent to an activating group) is 1. The molecular weight excluding hydrogens is 250 g/mol. The van der Waals surface area contributed by atoms with Gasteiger partial charge in [0.1, 0.15) is 11.6 Å². The molecule has 0 bridgehead atoms. The molecule has 0 aliphatic carbocycles. The van der Waals surface area contributed by atoms with Crippen molar-refractivity contribution in [2.45, 2.75) is 6.54 Å². The maximum Gasteiger partial charge on any atom is 0.126 e. The first-order valence-corrected chi connectivity index (χ1v) is 5.98. The third-order valence-corrected chi connectivity index (χ3v) is 2.81. The minimum Gasteiger partial charge on any atom is -0.329 e. The molecule has 0 radical (unpaired) electrons. The van der Waals surface area contributed by atoms with Gasteiger partial charge in [-0.1, -0.05) is 0 Å². The monoisotopic (exact) mass is 266 g/mol. The van der Waals surface area contributed by atoms with Crippen LogP contribution in [0.5, 0.6) is 0 Å². The van der Waals surface area contributed by atoms with E-state index < -0.39 is 11.6 Å². The lowest BCUT2D eigenvalue weighted by atomic mass is 10.1. The number of nitrogens with zero attached hydrogens (tertiary/aromatic N) is 2. The predicted octanol–water partition coefficient (Wildman–Crippen LogP) is 1.75. The van der Waals surface area contributed by atoms with Crippen LogP contribution in [0.2, 0.25) is 0 Å². The Hall–Kier alpha value is -1.79. The van der Waals surface area contributed by atoms with E-state index in [-0.39, 0.29) is 0 Å². The molecule has 0 saturated heterocycles. The van der Waals surface area contributed by atoms with Gasteiger partial charge in [-0.05, 0) is 19.2 Å². The summed E-state index contributed by atoms with van der Waals surface area (Å²) in [5.74, 6) is -1.22. The molecule has 6 heteroatoms. The Labute approximate surface area is 110 Å². The molecule has 3 N–H and O–H groups in total. The summed E-state index contributed by atoms with van der Waals surface area (Å²) in [6.45, 7) is 1.90. The number of halogens is 2. The van der Waals surface area contributed by atoms with Crippen LogP contribution < -0.4 is 5.73 Å². The topological polar surface area (TPSA) is 57.9 Å². The number of nitrogens with one attached hydrogen (secondary N) is 1. The van der Waals surface area contributed by atoms with Crippen LogP contribution in [0.3, 0.4) is 0 Å². The number of aromatic amines is 1. The minimum atomic E-state index is -0.612. The predicted molar refractivity (Wildman–Crippen MR) is 69.3 cm³/mol. The van der Waals surface area contributed by atoms with Crippen molar-refractivity contribution >= 4 is 0 Å². The van der Waals surface area contributed by atoms with Crippen LogP contribution in [0.4, 0.5) is 8.78 Å². The van der Waals surface area contributed by atoms with E-state index in [0.29, 0.717) is 24.3 Å². The van der Waals surface area contributed by atoms with Crippen LogP contribution in [-0.2, 0) is 6.54 Å². The van der Waals surface area contributed by atoms with Gasteiger partial charge in [0.15, 0.2) is 0 Å². The van der Waals surface area contributed by atoms with Gasteiger partial charge in [-0.2, -0.15) is 5.10 Å². The smallest absolute Gasteiger partial charge is 0.126 e. The lowest BCUT2D eigenvalue weighted by Gasteiger charge is -2.15. The summed E-state index contributed by atoms with van der Waals surface area (Å²) in [4.78, 5) is 2.02. The highest BCUT2D eigenvalue weighted by atomic mass is 19.1. The fourth-order valence-electron chi connectivity index (χ4n) is 1.97. The molecule has 0 spiro atoms. The molecule has 102 valence electrons. The zero-order chi connectivity index (χ0) is 13.8. The summed E-state index contributed by atoms with van der Waals surface area (Å²) < 4.78 is 26.5. The van der Waals surface area contributed by atoms with E-state index in [1.165, 1.54) is 12.1 Å². The van der Waals surface area contributed by atoms with Crippen molar-refractivity contribution in [2.24, 2.45) is 5.73 Å². The van der Waals surface area contributed by atoms with Crippen molar-refractivity contribution in [1.82, 2.24) is 15.1 Å². The fourth-order valence-corrected chi connectivity index (χ4v) is 1.97. The summed E-state index contributed by atoms with van der Waals surface area (Å²) in [6.07, 6.45) is 1.73. The van der Waals surface area contributed by atoms with Crippen molar-refractivity contribution in [3.63, 3.8) is 0 Å². The lowest BCUT2D eigenvalue weighted by molar-refractivity contribution is 0.337. The lowest BCUT2D eigenvalue weighted by Crippen LogP contribution is -2.25. The zero-order valence-corrected chi connectivity index (χ0v) is 10.7. The fraction of sp³-hybridized carbons (Fsp3) is 0.308. The molecule has 0 fully saturated rings. The normalized spacial score (nSPS) is 11.2. The molecule has 2 rings (SSSR count). The molecule has 4 nitrogen and oxygen atoms in total. The second kappa shape index (κ2) is 5.90. The molecule has 1 aromatic carbocycles. The summed E-state index contributed by atoms with van der Waals surface area (Å²) in [6, 6.07) is 3.38. The molecule has 1 heterocycles. The van der Waals surface area contributed by atoms with Gasteiger partial charge in [-0.15, -0.1) is 0 Å². The third-order valence-electron chi connectivity index (χ3n) is 2.81. The average Bonchev–Trinajstić information content (AvgIpc) is 2.76. The molecule has 2 aromatic rings. The maximum atomic E-state index is 13.2. The van der Waals surface area contributed by atoms with Gasteiger partial charge >= 0.3 is 0 Å². The first kappa shape index (κ1) is 13.6. The molecule has 0 atom stereocenters. The highest BCUT2D eigenvalue weighted by Gasteiger charge is 2.12. The Morgan fingerprint density at radius 3 is 2.58 bits per heavy atom. The second-order valence-corrected chi connectivity index (χ2v) is 4.44. The molecular formula is C13H16F2N4. The van der Waals surface area contributed by atoms with Crippen LogP contribution in [0, 0.1) is 11.6 Å². The van der Waals surface area contributed by atoms with Crippen molar-refractivity contribution in [3.05, 3.63) is 41.6 Å². The van der Waals surface area contributed by atoms with E-state index in [0.717, 1.165) is 18.2 Å². The quantitative estimate of drug-likeness (QED) is 0.866. The van der Waals surface area contributed by atoms with Crippen molar-refractivity contribution in [1.29, 1.82) is 0 Å². The number of rotatable bonds is 5. The largest absolute Gasteiger partial charge is 0.329 e. The van der Waals surface area contributed by atoms with Gasteiger partial charge in [0, 0.05) is 43.0 Å². The Morgan fingerprint density at radius 2 is 1.95 bits per heavy atom.